The monoisotopic (exact) mass is 361 g/mol. The minimum absolute atomic E-state index is 0. The normalized spacial score (nSPS) is 16.3. The van der Waals surface area contributed by atoms with E-state index in [1.54, 1.807) is 0 Å². The standard InChI is InChI=1S/C19H27N5.ClH/c20-10-1-2-13-24(14-17-16(21)8-5-11-22-17)18-9-3-6-15-7-4-12-23-19(15)18;/h4-5,7-8,11-12,18H,1-3,6,9-10,13-14,20-21H2;1H/t18-;/m0./s1. The summed E-state index contributed by atoms with van der Waals surface area (Å²) in [5.41, 5.74) is 16.1. The van der Waals surface area contributed by atoms with Gasteiger partial charge in [0, 0.05) is 18.9 Å². The highest BCUT2D eigenvalue weighted by Gasteiger charge is 2.27. The molecule has 3 rings (SSSR count). The van der Waals surface area contributed by atoms with E-state index in [-0.39, 0.29) is 12.4 Å². The fourth-order valence-corrected chi connectivity index (χ4v) is 3.52. The van der Waals surface area contributed by atoms with Crippen LogP contribution in [0, 0.1) is 0 Å². The maximum Gasteiger partial charge on any atom is 0.0772 e. The molecule has 4 N–H and O–H groups in total. The number of halogens is 1. The van der Waals surface area contributed by atoms with Crippen LogP contribution in [0.3, 0.4) is 0 Å². The van der Waals surface area contributed by atoms with Crippen LogP contribution in [-0.2, 0) is 13.0 Å². The lowest BCUT2D eigenvalue weighted by atomic mass is 9.90. The average molecular weight is 362 g/mol. The Morgan fingerprint density at radius 3 is 2.72 bits per heavy atom. The van der Waals surface area contributed by atoms with Crippen molar-refractivity contribution in [2.45, 2.75) is 44.7 Å². The predicted octanol–water partition coefficient (Wildman–Crippen LogP) is 3.10. The van der Waals surface area contributed by atoms with E-state index in [1.807, 2.05) is 30.6 Å². The highest BCUT2D eigenvalue weighted by molar-refractivity contribution is 5.85. The van der Waals surface area contributed by atoms with E-state index in [4.69, 9.17) is 16.5 Å². The first-order valence-electron chi connectivity index (χ1n) is 8.87. The topological polar surface area (TPSA) is 81.1 Å². The molecule has 2 heterocycles. The molecule has 0 saturated heterocycles. The first-order chi connectivity index (χ1) is 11.8. The van der Waals surface area contributed by atoms with Crippen LogP contribution < -0.4 is 11.5 Å². The van der Waals surface area contributed by atoms with Crippen LogP contribution in [0.25, 0.3) is 0 Å². The molecule has 0 bridgehead atoms. The molecule has 5 nitrogen and oxygen atoms in total. The molecular formula is C19H28ClN5. The van der Waals surface area contributed by atoms with Gasteiger partial charge in [0.2, 0.25) is 0 Å². The van der Waals surface area contributed by atoms with Gasteiger partial charge in [0.1, 0.15) is 0 Å². The molecule has 1 aliphatic rings. The lowest BCUT2D eigenvalue weighted by molar-refractivity contribution is 0.161. The zero-order valence-electron chi connectivity index (χ0n) is 14.6. The Kier molecular flexibility index (Phi) is 7.62. The molecule has 0 unspecified atom stereocenters. The van der Waals surface area contributed by atoms with Gasteiger partial charge in [-0.2, -0.15) is 0 Å². The van der Waals surface area contributed by atoms with Gasteiger partial charge in [0.05, 0.1) is 23.1 Å². The Morgan fingerprint density at radius 2 is 1.92 bits per heavy atom. The van der Waals surface area contributed by atoms with Gasteiger partial charge in [0.15, 0.2) is 0 Å². The van der Waals surface area contributed by atoms with Crippen LogP contribution in [0.15, 0.2) is 36.7 Å². The van der Waals surface area contributed by atoms with Gasteiger partial charge >= 0.3 is 0 Å². The van der Waals surface area contributed by atoms with Gasteiger partial charge in [-0.3, -0.25) is 14.9 Å². The number of hydrogen-bond acceptors (Lipinski definition) is 5. The number of nitrogens with zero attached hydrogens (tertiary/aromatic N) is 3. The number of unbranched alkanes of at least 4 members (excludes halogenated alkanes) is 1. The van der Waals surface area contributed by atoms with Gasteiger partial charge in [-0.25, -0.2) is 0 Å². The molecule has 0 aromatic carbocycles. The number of aryl methyl sites for hydroxylation is 1. The second-order valence-electron chi connectivity index (χ2n) is 6.46. The summed E-state index contributed by atoms with van der Waals surface area (Å²) in [7, 11) is 0. The van der Waals surface area contributed by atoms with Crippen molar-refractivity contribution in [3.63, 3.8) is 0 Å². The molecule has 0 aliphatic heterocycles. The van der Waals surface area contributed by atoms with Gasteiger partial charge in [-0.1, -0.05) is 6.07 Å². The van der Waals surface area contributed by atoms with Crippen LogP contribution in [-0.4, -0.2) is 28.0 Å². The third kappa shape index (κ3) is 4.91. The summed E-state index contributed by atoms with van der Waals surface area (Å²) in [4.78, 5) is 11.7. The molecule has 0 spiro atoms. The summed E-state index contributed by atoms with van der Waals surface area (Å²) in [6.45, 7) is 2.49. The van der Waals surface area contributed by atoms with Crippen molar-refractivity contribution in [2.24, 2.45) is 5.73 Å². The van der Waals surface area contributed by atoms with Gasteiger partial charge in [-0.05, 0) is 69.0 Å². The van der Waals surface area contributed by atoms with Crippen molar-refractivity contribution in [1.82, 2.24) is 14.9 Å². The van der Waals surface area contributed by atoms with Gasteiger partial charge < -0.3 is 11.5 Å². The van der Waals surface area contributed by atoms with Crippen molar-refractivity contribution in [2.75, 3.05) is 18.8 Å². The first kappa shape index (κ1) is 19.6. The predicted molar refractivity (Wildman–Crippen MR) is 105 cm³/mol. The third-order valence-electron chi connectivity index (χ3n) is 4.78. The molecule has 1 aliphatic carbocycles. The molecule has 6 heteroatoms. The minimum atomic E-state index is 0. The molecule has 25 heavy (non-hydrogen) atoms. The van der Waals surface area contributed by atoms with Gasteiger partial charge in [-0.15, -0.1) is 12.4 Å². The van der Waals surface area contributed by atoms with Crippen molar-refractivity contribution in [3.05, 3.63) is 53.6 Å². The number of fused-ring (bicyclic) bond motifs is 1. The average Bonchev–Trinajstić information content (AvgIpc) is 2.62. The van der Waals surface area contributed by atoms with Crippen molar-refractivity contribution in [3.8, 4) is 0 Å². The Balaban J connectivity index is 0.00000225. The van der Waals surface area contributed by atoms with Crippen LogP contribution >= 0.6 is 12.4 Å². The maximum absolute atomic E-state index is 6.12. The van der Waals surface area contributed by atoms with E-state index in [0.717, 1.165) is 56.7 Å². The minimum Gasteiger partial charge on any atom is -0.397 e. The van der Waals surface area contributed by atoms with Crippen LogP contribution in [0.4, 0.5) is 5.69 Å². The van der Waals surface area contributed by atoms with E-state index in [2.05, 4.69) is 16.0 Å². The largest absolute Gasteiger partial charge is 0.397 e. The summed E-state index contributed by atoms with van der Waals surface area (Å²) in [5, 5.41) is 0. The number of nitrogen functional groups attached to an aromatic ring is 1. The molecule has 0 fully saturated rings. The van der Waals surface area contributed by atoms with E-state index < -0.39 is 0 Å². The first-order valence-corrected chi connectivity index (χ1v) is 8.87. The van der Waals surface area contributed by atoms with Crippen molar-refractivity contribution < 1.29 is 0 Å². The zero-order valence-corrected chi connectivity index (χ0v) is 15.4. The second-order valence-corrected chi connectivity index (χ2v) is 6.46. The lowest BCUT2D eigenvalue weighted by Crippen LogP contribution is -2.33. The fourth-order valence-electron chi connectivity index (χ4n) is 3.52. The Morgan fingerprint density at radius 1 is 1.12 bits per heavy atom. The highest BCUT2D eigenvalue weighted by atomic mass is 35.5. The summed E-state index contributed by atoms with van der Waals surface area (Å²) in [6.07, 6.45) is 9.31. The highest BCUT2D eigenvalue weighted by Crippen LogP contribution is 2.34. The van der Waals surface area contributed by atoms with E-state index in [9.17, 15) is 0 Å². The number of aromatic nitrogens is 2. The SMILES string of the molecule is Cl.NCCCCN(Cc1ncccc1N)[C@H]1CCCc2cccnc21. The third-order valence-corrected chi connectivity index (χ3v) is 4.78. The summed E-state index contributed by atoms with van der Waals surface area (Å²) in [6, 6.07) is 8.40. The van der Waals surface area contributed by atoms with E-state index >= 15 is 0 Å². The number of anilines is 1. The van der Waals surface area contributed by atoms with E-state index in [1.165, 1.54) is 17.7 Å². The molecule has 2 aromatic heterocycles. The summed E-state index contributed by atoms with van der Waals surface area (Å²) >= 11 is 0. The van der Waals surface area contributed by atoms with Crippen molar-refractivity contribution in [1.29, 1.82) is 0 Å². The van der Waals surface area contributed by atoms with Gasteiger partial charge in [0.25, 0.3) is 0 Å². The molecule has 136 valence electrons. The van der Waals surface area contributed by atoms with Crippen LogP contribution in [0.2, 0.25) is 0 Å². The second kappa shape index (κ2) is 9.70. The molecule has 0 radical (unpaired) electrons. The molecule has 1 atom stereocenters. The summed E-state index contributed by atoms with van der Waals surface area (Å²) < 4.78 is 0. The molecular weight excluding hydrogens is 334 g/mol. The molecule has 0 saturated carbocycles. The van der Waals surface area contributed by atoms with E-state index in [0.29, 0.717) is 6.04 Å². The number of rotatable bonds is 7. The molecule has 0 amide bonds. The lowest BCUT2D eigenvalue weighted by Gasteiger charge is -2.35. The van der Waals surface area contributed by atoms with Crippen LogP contribution in [0.1, 0.15) is 48.7 Å². The summed E-state index contributed by atoms with van der Waals surface area (Å²) in [5.74, 6) is 0. The number of pyridine rings is 2. The Bertz CT molecular complexity index is 664. The quantitative estimate of drug-likeness (QED) is 0.740. The van der Waals surface area contributed by atoms with Crippen LogP contribution in [0.5, 0.6) is 0 Å². The zero-order chi connectivity index (χ0) is 16.8. The number of hydrogen-bond donors (Lipinski definition) is 2. The maximum atomic E-state index is 6.12. The smallest absolute Gasteiger partial charge is 0.0772 e. The number of nitrogens with two attached hydrogens (primary N) is 2. The Hall–Kier alpha value is -1.69. The fraction of sp³-hybridized carbons (Fsp3) is 0.474. The molecule has 2 aromatic rings. The van der Waals surface area contributed by atoms with Crippen molar-refractivity contribution >= 4 is 18.1 Å². The Labute approximate surface area is 156 Å².